The number of pyridine rings is 2. The molecule has 11 rings (SSSR count). The lowest BCUT2D eigenvalue weighted by Gasteiger charge is -2.22. The van der Waals surface area contributed by atoms with E-state index in [0.29, 0.717) is 0 Å². The summed E-state index contributed by atoms with van der Waals surface area (Å²) >= 11 is 0. The highest BCUT2D eigenvalue weighted by atomic mass is 14.7. The second-order valence-electron chi connectivity index (χ2n) is 14.4. The number of aromatic nitrogens is 2. The van der Waals surface area contributed by atoms with E-state index in [0.717, 1.165) is 34.6 Å². The van der Waals surface area contributed by atoms with Crippen LogP contribution in [0, 0.1) is 0 Å². The molecule has 0 fully saturated rings. The highest BCUT2D eigenvalue weighted by Gasteiger charge is 2.20. The predicted octanol–water partition coefficient (Wildman–Crippen LogP) is 13.6. The van der Waals surface area contributed by atoms with Crippen molar-refractivity contribution in [3.8, 4) is 33.4 Å². The van der Waals surface area contributed by atoms with Gasteiger partial charge in [0.2, 0.25) is 0 Å². The Morgan fingerprint density at radius 3 is 1.96 bits per heavy atom. The number of hydrogen-bond donors (Lipinski definition) is 0. The van der Waals surface area contributed by atoms with E-state index < -0.39 is 0 Å². The van der Waals surface area contributed by atoms with Crippen LogP contribution in [0.5, 0.6) is 0 Å². The molecule has 10 aromatic rings. The van der Waals surface area contributed by atoms with Crippen molar-refractivity contribution in [2.75, 3.05) is 0 Å². The molecule has 252 valence electrons. The van der Waals surface area contributed by atoms with E-state index in [1.165, 1.54) is 88.0 Å². The molecule has 2 heterocycles. The molecule has 0 saturated carbocycles. The number of nitrogens with zero attached hydrogens (tertiary/aromatic N) is 2. The van der Waals surface area contributed by atoms with Crippen LogP contribution < -0.4 is 0 Å². The number of aryl methyl sites for hydroxylation is 1. The molecule has 0 unspecified atom stereocenters. The van der Waals surface area contributed by atoms with Gasteiger partial charge < -0.3 is 0 Å². The average Bonchev–Trinajstić information content (AvgIpc) is 3.23. The van der Waals surface area contributed by atoms with Crippen molar-refractivity contribution in [3.05, 3.63) is 199 Å². The number of fused-ring (bicyclic) bond motifs is 11. The first kappa shape index (κ1) is 30.7. The van der Waals surface area contributed by atoms with Gasteiger partial charge >= 0.3 is 0 Å². The predicted molar refractivity (Wildman–Crippen MR) is 228 cm³/mol. The molecule has 0 spiro atoms. The van der Waals surface area contributed by atoms with E-state index in [1.54, 1.807) is 0 Å². The number of allylic oxidation sites excluding steroid dienone is 1. The van der Waals surface area contributed by atoms with Crippen LogP contribution in [0.4, 0.5) is 0 Å². The van der Waals surface area contributed by atoms with Crippen molar-refractivity contribution >= 4 is 59.7 Å². The molecule has 2 aromatic heterocycles. The van der Waals surface area contributed by atoms with Crippen LogP contribution in [0.15, 0.2) is 182 Å². The second-order valence-corrected chi connectivity index (χ2v) is 14.4. The first-order valence-corrected chi connectivity index (χ1v) is 18.8. The van der Waals surface area contributed by atoms with Crippen LogP contribution in [0.25, 0.3) is 93.1 Å². The summed E-state index contributed by atoms with van der Waals surface area (Å²) < 4.78 is 0. The summed E-state index contributed by atoms with van der Waals surface area (Å²) in [5.74, 6) is 0. The fourth-order valence-corrected chi connectivity index (χ4v) is 8.82. The third kappa shape index (κ3) is 4.95. The van der Waals surface area contributed by atoms with Gasteiger partial charge in [-0.2, -0.15) is 0 Å². The largest absolute Gasteiger partial charge is 0.254 e. The van der Waals surface area contributed by atoms with Gasteiger partial charge in [-0.15, -0.1) is 0 Å². The zero-order chi connectivity index (χ0) is 35.6. The maximum absolute atomic E-state index is 4.74. The Kier molecular flexibility index (Phi) is 7.03. The third-order valence-electron chi connectivity index (χ3n) is 11.4. The normalized spacial score (nSPS) is 12.8. The van der Waals surface area contributed by atoms with Crippen molar-refractivity contribution < 1.29 is 0 Å². The zero-order valence-corrected chi connectivity index (χ0v) is 29.6. The topological polar surface area (TPSA) is 25.8 Å². The third-order valence-corrected chi connectivity index (χ3v) is 11.4. The van der Waals surface area contributed by atoms with E-state index in [2.05, 4.69) is 163 Å². The Labute approximate surface area is 313 Å². The Morgan fingerprint density at radius 2 is 1.06 bits per heavy atom. The molecular formula is C52H34N2. The maximum atomic E-state index is 4.74. The van der Waals surface area contributed by atoms with E-state index >= 15 is 0 Å². The Morgan fingerprint density at radius 1 is 0.370 bits per heavy atom. The SMILES string of the molecule is C1=C(c2cccc(-c3ccc4c(ccc5cc(-c6cc7cccnc7c7ncccc67)ccc54)c3)c2)c2ccc3ccccc3c2-c2ccccc2CC1. The van der Waals surface area contributed by atoms with Gasteiger partial charge in [0.25, 0.3) is 0 Å². The van der Waals surface area contributed by atoms with Gasteiger partial charge in [-0.25, -0.2) is 0 Å². The van der Waals surface area contributed by atoms with Crippen molar-refractivity contribution in [1.82, 2.24) is 9.97 Å². The molecule has 0 bridgehead atoms. The van der Waals surface area contributed by atoms with E-state index in [1.807, 2.05) is 24.5 Å². The summed E-state index contributed by atoms with van der Waals surface area (Å²) in [6.45, 7) is 0. The lowest BCUT2D eigenvalue weighted by molar-refractivity contribution is 1.00. The monoisotopic (exact) mass is 686 g/mol. The van der Waals surface area contributed by atoms with Crippen molar-refractivity contribution in [2.24, 2.45) is 0 Å². The van der Waals surface area contributed by atoms with Crippen LogP contribution in [-0.4, -0.2) is 9.97 Å². The summed E-state index contributed by atoms with van der Waals surface area (Å²) in [5, 5.41) is 9.78. The average molecular weight is 687 g/mol. The lowest BCUT2D eigenvalue weighted by Crippen LogP contribution is -2.00. The van der Waals surface area contributed by atoms with Crippen molar-refractivity contribution in [1.29, 1.82) is 0 Å². The molecule has 54 heavy (non-hydrogen) atoms. The molecule has 0 radical (unpaired) electrons. The Balaban J connectivity index is 0.991. The quantitative estimate of drug-likeness (QED) is 0.173. The fraction of sp³-hybridized carbons (Fsp3) is 0.0385. The smallest absolute Gasteiger partial charge is 0.0970 e. The molecule has 1 aliphatic carbocycles. The molecule has 0 atom stereocenters. The standard InChI is InChI=1S/C52H34N2/c1-3-15-45-33(9-1)11-6-17-42(47-26-21-34-10-2-4-16-46(34)50(45)47)37-13-5-12-35(29-37)36-22-24-43-38(30-36)19-20-39-31-40(23-25-44(39)43)49-32-41-14-7-27-53-51(41)52-48(49)18-8-28-54-52/h1-5,7-10,12-32H,6,11H2. The molecule has 0 saturated heterocycles. The van der Waals surface area contributed by atoms with Gasteiger partial charge in [0.15, 0.2) is 0 Å². The van der Waals surface area contributed by atoms with Crippen LogP contribution >= 0.6 is 0 Å². The van der Waals surface area contributed by atoms with Crippen LogP contribution in [0.1, 0.15) is 23.1 Å². The maximum Gasteiger partial charge on any atom is 0.0970 e. The van der Waals surface area contributed by atoms with Crippen LogP contribution in [0.2, 0.25) is 0 Å². The molecule has 2 heteroatoms. The summed E-state index contributed by atoms with van der Waals surface area (Å²) in [6.07, 6.45) is 8.18. The molecule has 0 aliphatic heterocycles. The molecule has 0 N–H and O–H groups in total. The minimum absolute atomic E-state index is 0.940. The highest BCUT2D eigenvalue weighted by molar-refractivity contribution is 6.13. The van der Waals surface area contributed by atoms with E-state index in [9.17, 15) is 0 Å². The Hall–Kier alpha value is -6.90. The van der Waals surface area contributed by atoms with Gasteiger partial charge in [-0.05, 0) is 137 Å². The highest BCUT2D eigenvalue weighted by Crippen LogP contribution is 2.43. The fourth-order valence-electron chi connectivity index (χ4n) is 8.82. The van der Waals surface area contributed by atoms with Gasteiger partial charge in [0.1, 0.15) is 0 Å². The first-order chi connectivity index (χ1) is 26.8. The molecule has 8 aromatic carbocycles. The lowest BCUT2D eigenvalue weighted by atomic mass is 9.82. The van der Waals surface area contributed by atoms with Gasteiger partial charge in [0, 0.05) is 23.2 Å². The summed E-state index contributed by atoms with van der Waals surface area (Å²) in [5.41, 5.74) is 14.6. The van der Waals surface area contributed by atoms with Gasteiger partial charge in [-0.3, -0.25) is 9.97 Å². The first-order valence-electron chi connectivity index (χ1n) is 18.8. The van der Waals surface area contributed by atoms with E-state index in [4.69, 9.17) is 4.98 Å². The van der Waals surface area contributed by atoms with Crippen molar-refractivity contribution in [3.63, 3.8) is 0 Å². The number of rotatable bonds is 3. The Bertz CT molecular complexity index is 3170. The number of benzene rings is 8. The zero-order valence-electron chi connectivity index (χ0n) is 29.6. The minimum Gasteiger partial charge on any atom is -0.254 e. The van der Waals surface area contributed by atoms with Gasteiger partial charge in [0.05, 0.1) is 11.0 Å². The van der Waals surface area contributed by atoms with Crippen molar-refractivity contribution in [2.45, 2.75) is 12.8 Å². The van der Waals surface area contributed by atoms with Crippen LogP contribution in [0.3, 0.4) is 0 Å². The van der Waals surface area contributed by atoms with E-state index in [-0.39, 0.29) is 0 Å². The summed E-state index contributed by atoms with van der Waals surface area (Å²) in [6, 6.07) is 60.4. The molecule has 0 amide bonds. The molecule has 1 aliphatic rings. The molecular weight excluding hydrogens is 653 g/mol. The van der Waals surface area contributed by atoms with Gasteiger partial charge in [-0.1, -0.05) is 133 Å². The number of hydrogen-bond acceptors (Lipinski definition) is 2. The summed E-state index contributed by atoms with van der Waals surface area (Å²) in [7, 11) is 0. The molecule has 2 nitrogen and oxygen atoms in total. The summed E-state index contributed by atoms with van der Waals surface area (Å²) in [4.78, 5) is 9.39. The van der Waals surface area contributed by atoms with Crippen LogP contribution in [-0.2, 0) is 6.42 Å². The second kappa shape index (κ2) is 12.4. The minimum atomic E-state index is 0.940.